The van der Waals surface area contributed by atoms with E-state index in [-0.39, 0.29) is 0 Å². The first-order chi connectivity index (χ1) is 9.69. The van der Waals surface area contributed by atoms with Gasteiger partial charge in [0.1, 0.15) is 5.75 Å². The Morgan fingerprint density at radius 3 is 2.50 bits per heavy atom. The lowest BCUT2D eigenvalue weighted by Gasteiger charge is -2.12. The Morgan fingerprint density at radius 2 is 1.90 bits per heavy atom. The highest BCUT2D eigenvalue weighted by Gasteiger charge is 2.08. The van der Waals surface area contributed by atoms with Gasteiger partial charge in [0.15, 0.2) is 0 Å². The van der Waals surface area contributed by atoms with E-state index in [1.165, 1.54) is 5.56 Å². The number of hydrogen-bond acceptors (Lipinski definition) is 3. The van der Waals surface area contributed by atoms with E-state index in [4.69, 9.17) is 9.47 Å². The first-order valence-electron chi connectivity index (χ1n) is 6.39. The van der Waals surface area contributed by atoms with Gasteiger partial charge in [-0.15, -0.1) is 11.8 Å². The van der Waals surface area contributed by atoms with Crippen molar-refractivity contribution in [1.29, 1.82) is 0 Å². The highest BCUT2D eigenvalue weighted by molar-refractivity contribution is 9.11. The number of halogens is 2. The number of benzene rings is 1. The second-order valence-electron chi connectivity index (χ2n) is 4.08. The molecule has 0 amide bonds. The molecule has 0 aliphatic rings. The number of hydrogen-bond donors (Lipinski definition) is 1. The first-order valence-corrected chi connectivity index (χ1v) is 7.97. The third kappa shape index (κ3) is 6.27. The van der Waals surface area contributed by atoms with Crippen LogP contribution in [-0.4, -0.2) is 26.9 Å². The summed E-state index contributed by atoms with van der Waals surface area (Å²) in [6.07, 6.45) is 0.732. The van der Waals surface area contributed by atoms with Crippen LogP contribution < -0.4 is 10.1 Å². The SMILES string of the molecule is CC#CCCOc1c(Br)cc(CNCCOC)cc1Br. The summed E-state index contributed by atoms with van der Waals surface area (Å²) in [7, 11) is 1.70. The van der Waals surface area contributed by atoms with E-state index in [2.05, 4.69) is 61.2 Å². The number of nitrogens with one attached hydrogen (secondary N) is 1. The molecule has 110 valence electrons. The number of methoxy groups -OCH3 is 1. The minimum absolute atomic E-state index is 0.587. The molecule has 0 saturated carbocycles. The minimum atomic E-state index is 0.587. The van der Waals surface area contributed by atoms with Crippen LogP contribution in [0, 0.1) is 11.8 Å². The average Bonchev–Trinajstić information content (AvgIpc) is 2.42. The molecule has 1 rings (SSSR count). The molecule has 5 heteroatoms. The van der Waals surface area contributed by atoms with Crippen molar-refractivity contribution >= 4 is 31.9 Å². The largest absolute Gasteiger partial charge is 0.490 e. The van der Waals surface area contributed by atoms with Crippen molar-refractivity contribution in [3.63, 3.8) is 0 Å². The van der Waals surface area contributed by atoms with E-state index in [1.807, 2.05) is 6.92 Å². The maximum atomic E-state index is 5.73. The Labute approximate surface area is 137 Å². The lowest BCUT2D eigenvalue weighted by atomic mass is 10.2. The maximum Gasteiger partial charge on any atom is 0.147 e. The summed E-state index contributed by atoms with van der Waals surface area (Å²) in [4.78, 5) is 0. The van der Waals surface area contributed by atoms with E-state index in [9.17, 15) is 0 Å². The van der Waals surface area contributed by atoms with Crippen LogP contribution in [0.2, 0.25) is 0 Å². The summed E-state index contributed by atoms with van der Waals surface area (Å²) in [5.74, 6) is 6.66. The fourth-order valence-corrected chi connectivity index (χ4v) is 3.10. The molecule has 0 atom stereocenters. The molecule has 0 aliphatic heterocycles. The van der Waals surface area contributed by atoms with Crippen molar-refractivity contribution in [2.75, 3.05) is 26.9 Å². The Bertz CT molecular complexity index is 457. The molecule has 3 nitrogen and oxygen atoms in total. The Kier molecular flexibility index (Phi) is 8.95. The lowest BCUT2D eigenvalue weighted by Crippen LogP contribution is -2.18. The topological polar surface area (TPSA) is 30.5 Å². The molecule has 0 bridgehead atoms. The summed E-state index contributed by atoms with van der Waals surface area (Å²) in [5, 5.41) is 3.31. The van der Waals surface area contributed by atoms with Gasteiger partial charge < -0.3 is 14.8 Å². The Hall–Kier alpha value is -0.540. The molecule has 1 N–H and O–H groups in total. The molecule has 0 aliphatic carbocycles. The zero-order chi connectivity index (χ0) is 14.8. The van der Waals surface area contributed by atoms with Gasteiger partial charge in [-0.1, -0.05) is 0 Å². The van der Waals surface area contributed by atoms with Crippen molar-refractivity contribution in [2.45, 2.75) is 19.9 Å². The molecular weight excluding hydrogens is 386 g/mol. The minimum Gasteiger partial charge on any atom is -0.490 e. The van der Waals surface area contributed by atoms with Gasteiger partial charge in [-0.3, -0.25) is 0 Å². The van der Waals surface area contributed by atoms with Gasteiger partial charge in [0.2, 0.25) is 0 Å². The van der Waals surface area contributed by atoms with E-state index in [1.54, 1.807) is 7.11 Å². The zero-order valence-electron chi connectivity index (χ0n) is 11.8. The van der Waals surface area contributed by atoms with Crippen LogP contribution in [0.5, 0.6) is 5.75 Å². The lowest BCUT2D eigenvalue weighted by molar-refractivity contribution is 0.199. The van der Waals surface area contributed by atoms with Gasteiger partial charge in [0.05, 0.1) is 22.2 Å². The third-order valence-electron chi connectivity index (χ3n) is 2.52. The summed E-state index contributed by atoms with van der Waals surface area (Å²) >= 11 is 7.09. The van der Waals surface area contributed by atoms with Gasteiger partial charge in [-0.05, 0) is 56.5 Å². The maximum absolute atomic E-state index is 5.73. The fraction of sp³-hybridized carbons (Fsp3) is 0.467. The van der Waals surface area contributed by atoms with Crippen LogP contribution in [0.4, 0.5) is 0 Å². The van der Waals surface area contributed by atoms with Gasteiger partial charge in [0.25, 0.3) is 0 Å². The zero-order valence-corrected chi connectivity index (χ0v) is 14.9. The molecule has 1 aromatic rings. The van der Waals surface area contributed by atoms with E-state index in [0.29, 0.717) is 13.2 Å². The fourth-order valence-electron chi connectivity index (χ4n) is 1.59. The standard InChI is InChI=1S/C15H19Br2NO2/c1-3-4-5-7-20-15-13(16)9-12(10-14(15)17)11-18-6-8-19-2/h9-10,18H,5-8,11H2,1-2H3. The normalized spacial score (nSPS) is 10.0. The van der Waals surface area contributed by atoms with Gasteiger partial charge >= 0.3 is 0 Å². The van der Waals surface area contributed by atoms with E-state index >= 15 is 0 Å². The highest BCUT2D eigenvalue weighted by Crippen LogP contribution is 2.34. The average molecular weight is 405 g/mol. The van der Waals surface area contributed by atoms with Crippen molar-refractivity contribution in [3.05, 3.63) is 26.6 Å². The summed E-state index contributed by atoms with van der Waals surface area (Å²) < 4.78 is 12.6. The third-order valence-corrected chi connectivity index (χ3v) is 3.70. The summed E-state index contributed by atoms with van der Waals surface area (Å²) in [5.41, 5.74) is 1.18. The van der Waals surface area contributed by atoms with Crippen LogP contribution in [0.25, 0.3) is 0 Å². The Morgan fingerprint density at radius 1 is 1.20 bits per heavy atom. The van der Waals surface area contributed by atoms with Gasteiger partial charge in [-0.2, -0.15) is 0 Å². The smallest absolute Gasteiger partial charge is 0.147 e. The molecule has 0 saturated heterocycles. The predicted molar refractivity (Wildman–Crippen MR) is 89.0 cm³/mol. The monoisotopic (exact) mass is 403 g/mol. The highest BCUT2D eigenvalue weighted by atomic mass is 79.9. The molecule has 0 fully saturated rings. The molecule has 0 unspecified atom stereocenters. The summed E-state index contributed by atoms with van der Waals surface area (Å²) in [6.45, 7) is 4.75. The molecule has 0 aromatic heterocycles. The van der Waals surface area contributed by atoms with E-state index < -0.39 is 0 Å². The van der Waals surface area contributed by atoms with Gasteiger partial charge in [0, 0.05) is 26.6 Å². The number of rotatable bonds is 8. The van der Waals surface area contributed by atoms with Crippen LogP contribution in [0.3, 0.4) is 0 Å². The quantitative estimate of drug-likeness (QED) is 0.528. The predicted octanol–water partition coefficient (Wildman–Crippen LogP) is 3.74. The molecular formula is C15H19Br2NO2. The van der Waals surface area contributed by atoms with E-state index in [0.717, 1.165) is 34.2 Å². The first kappa shape index (κ1) is 17.5. The second-order valence-corrected chi connectivity index (χ2v) is 5.79. The molecule has 1 aromatic carbocycles. The van der Waals surface area contributed by atoms with Crippen LogP contribution >= 0.6 is 31.9 Å². The van der Waals surface area contributed by atoms with Crippen molar-refractivity contribution in [2.24, 2.45) is 0 Å². The molecule has 0 spiro atoms. The Balaban J connectivity index is 2.58. The van der Waals surface area contributed by atoms with Gasteiger partial charge in [-0.25, -0.2) is 0 Å². The van der Waals surface area contributed by atoms with Crippen LogP contribution in [0.1, 0.15) is 18.9 Å². The number of ether oxygens (including phenoxy) is 2. The van der Waals surface area contributed by atoms with Crippen LogP contribution in [0.15, 0.2) is 21.1 Å². The van der Waals surface area contributed by atoms with Crippen molar-refractivity contribution in [1.82, 2.24) is 5.32 Å². The summed E-state index contributed by atoms with van der Waals surface area (Å²) in [6, 6.07) is 4.12. The second kappa shape index (κ2) is 10.2. The molecule has 20 heavy (non-hydrogen) atoms. The van der Waals surface area contributed by atoms with Crippen molar-refractivity contribution < 1.29 is 9.47 Å². The molecule has 0 radical (unpaired) electrons. The van der Waals surface area contributed by atoms with Crippen LogP contribution in [-0.2, 0) is 11.3 Å². The molecule has 0 heterocycles. The van der Waals surface area contributed by atoms with Crippen molar-refractivity contribution in [3.8, 4) is 17.6 Å².